The number of nitrogens with one attached hydrogen (secondary N) is 2. The summed E-state index contributed by atoms with van der Waals surface area (Å²) in [6, 6.07) is 25.1. The molecule has 2 N–H and O–H groups in total. The molecule has 0 radical (unpaired) electrons. The lowest BCUT2D eigenvalue weighted by molar-refractivity contribution is -0.114. The van der Waals surface area contributed by atoms with E-state index < -0.39 is 0 Å². The molecule has 0 bridgehead atoms. The number of amides is 2. The van der Waals surface area contributed by atoms with Crippen molar-refractivity contribution >= 4 is 23.2 Å². The van der Waals surface area contributed by atoms with Gasteiger partial charge in [-0.2, -0.15) is 0 Å². The lowest BCUT2D eigenvalue weighted by Crippen LogP contribution is -2.23. The van der Waals surface area contributed by atoms with Crippen molar-refractivity contribution in [2.75, 3.05) is 31.3 Å². The highest BCUT2D eigenvalue weighted by atomic mass is 16.2. The molecule has 3 rings (SSSR count). The molecule has 5 heteroatoms. The van der Waals surface area contributed by atoms with Crippen molar-refractivity contribution in [1.82, 2.24) is 4.90 Å². The van der Waals surface area contributed by atoms with E-state index in [9.17, 15) is 9.59 Å². The lowest BCUT2D eigenvalue weighted by Gasteiger charge is -2.13. The summed E-state index contributed by atoms with van der Waals surface area (Å²) in [4.78, 5) is 26.0. The number of rotatable bonds is 7. The fourth-order valence-electron chi connectivity index (χ4n) is 3.03. The van der Waals surface area contributed by atoms with E-state index in [1.165, 1.54) is 10.5 Å². The van der Waals surface area contributed by atoms with Gasteiger partial charge in [0.25, 0.3) is 5.91 Å². The molecule has 0 spiro atoms. The first-order valence-electron chi connectivity index (χ1n) is 9.50. The van der Waals surface area contributed by atoms with E-state index in [1.54, 1.807) is 38.4 Å². The fourth-order valence-corrected chi connectivity index (χ4v) is 3.03. The highest BCUT2D eigenvalue weighted by molar-refractivity contribution is 5.98. The fraction of sp³-hybridized carbons (Fsp3) is 0.167. The third kappa shape index (κ3) is 5.69. The van der Waals surface area contributed by atoms with Crippen LogP contribution in [-0.2, 0) is 11.2 Å². The maximum atomic E-state index is 12.4. The zero-order chi connectivity index (χ0) is 20.6. The molecule has 0 aliphatic rings. The van der Waals surface area contributed by atoms with Crippen LogP contribution in [0.3, 0.4) is 0 Å². The highest BCUT2D eigenvalue weighted by Crippen LogP contribution is 2.19. The summed E-state index contributed by atoms with van der Waals surface area (Å²) in [6.07, 6.45) is 0.792. The molecular formula is C24H25N3O2. The van der Waals surface area contributed by atoms with Crippen LogP contribution >= 0.6 is 0 Å². The number of carbonyl (C=O) groups excluding carboxylic acids is 2. The van der Waals surface area contributed by atoms with Gasteiger partial charge in [-0.25, -0.2) is 0 Å². The molecule has 0 unspecified atom stereocenters. The van der Waals surface area contributed by atoms with E-state index in [0.717, 1.165) is 17.7 Å². The summed E-state index contributed by atoms with van der Waals surface area (Å²) >= 11 is 0. The van der Waals surface area contributed by atoms with E-state index in [2.05, 4.69) is 28.8 Å². The first-order chi connectivity index (χ1) is 14.0. The van der Waals surface area contributed by atoms with Crippen LogP contribution in [0.1, 0.15) is 21.5 Å². The van der Waals surface area contributed by atoms with Gasteiger partial charge in [-0.3, -0.25) is 9.59 Å². The van der Waals surface area contributed by atoms with Crippen molar-refractivity contribution in [3.63, 3.8) is 0 Å². The zero-order valence-corrected chi connectivity index (χ0v) is 16.7. The summed E-state index contributed by atoms with van der Waals surface area (Å²) < 4.78 is 0. The first-order valence-corrected chi connectivity index (χ1v) is 9.50. The molecule has 0 heterocycles. The van der Waals surface area contributed by atoms with Crippen LogP contribution in [0.5, 0.6) is 0 Å². The molecule has 3 aromatic carbocycles. The van der Waals surface area contributed by atoms with Gasteiger partial charge in [0.1, 0.15) is 0 Å². The second-order valence-electron chi connectivity index (χ2n) is 7.00. The van der Waals surface area contributed by atoms with Crippen LogP contribution in [0.2, 0.25) is 0 Å². The van der Waals surface area contributed by atoms with E-state index in [0.29, 0.717) is 11.3 Å². The maximum Gasteiger partial charge on any atom is 0.253 e. The Balaban J connectivity index is 1.62. The number of para-hydroxylation sites is 1. The van der Waals surface area contributed by atoms with Gasteiger partial charge in [-0.05, 0) is 41.8 Å². The third-order valence-electron chi connectivity index (χ3n) is 4.49. The Morgan fingerprint density at radius 2 is 1.59 bits per heavy atom. The minimum Gasteiger partial charge on any atom is -0.376 e. The summed E-state index contributed by atoms with van der Waals surface area (Å²) in [5.41, 5.74) is 4.41. The summed E-state index contributed by atoms with van der Waals surface area (Å²) in [5, 5.41) is 6.07. The van der Waals surface area contributed by atoms with Crippen molar-refractivity contribution < 1.29 is 9.59 Å². The normalized spacial score (nSPS) is 10.3. The maximum absolute atomic E-state index is 12.4. The van der Waals surface area contributed by atoms with Gasteiger partial charge >= 0.3 is 0 Å². The number of anilines is 2. The van der Waals surface area contributed by atoms with Crippen molar-refractivity contribution in [1.29, 1.82) is 0 Å². The molecule has 29 heavy (non-hydrogen) atoms. The number of nitrogens with zero attached hydrogens (tertiary/aromatic N) is 1. The molecule has 0 atom stereocenters. The molecule has 5 nitrogen and oxygen atoms in total. The monoisotopic (exact) mass is 387 g/mol. The average molecular weight is 387 g/mol. The first kappa shape index (κ1) is 20.1. The zero-order valence-electron chi connectivity index (χ0n) is 16.7. The number of benzene rings is 3. The van der Waals surface area contributed by atoms with Crippen LogP contribution in [-0.4, -0.2) is 37.4 Å². The number of hydrogen-bond acceptors (Lipinski definition) is 3. The Morgan fingerprint density at radius 1 is 0.862 bits per heavy atom. The number of hydrogen-bond donors (Lipinski definition) is 2. The van der Waals surface area contributed by atoms with Crippen molar-refractivity contribution in [3.05, 3.63) is 95.6 Å². The van der Waals surface area contributed by atoms with Crippen molar-refractivity contribution in [2.45, 2.75) is 6.42 Å². The smallest absolute Gasteiger partial charge is 0.253 e. The van der Waals surface area contributed by atoms with Crippen molar-refractivity contribution in [2.24, 2.45) is 0 Å². The van der Waals surface area contributed by atoms with Crippen molar-refractivity contribution in [3.8, 4) is 0 Å². The summed E-state index contributed by atoms with van der Waals surface area (Å²) in [6.45, 7) is 0.137. The molecule has 0 aliphatic carbocycles. The molecule has 0 aromatic heterocycles. The Kier molecular flexibility index (Phi) is 6.63. The molecular weight excluding hydrogens is 362 g/mol. The van der Waals surface area contributed by atoms with Crippen LogP contribution in [0.25, 0.3) is 0 Å². The van der Waals surface area contributed by atoms with E-state index in [-0.39, 0.29) is 18.4 Å². The summed E-state index contributed by atoms with van der Waals surface area (Å²) in [7, 11) is 3.40. The Morgan fingerprint density at radius 3 is 2.34 bits per heavy atom. The lowest BCUT2D eigenvalue weighted by atomic mass is 10.0. The molecule has 3 aromatic rings. The topological polar surface area (TPSA) is 61.4 Å². The number of carbonyl (C=O) groups is 2. The predicted octanol–water partition coefficient (Wildman–Crippen LogP) is 4.03. The van der Waals surface area contributed by atoms with Gasteiger partial charge in [-0.1, -0.05) is 54.6 Å². The Hall–Kier alpha value is -3.60. The molecule has 148 valence electrons. The molecule has 0 saturated heterocycles. The molecule has 0 saturated carbocycles. The Bertz CT molecular complexity index is 984. The van der Waals surface area contributed by atoms with Crippen LogP contribution in [0.4, 0.5) is 11.4 Å². The van der Waals surface area contributed by atoms with E-state index in [1.807, 2.05) is 36.4 Å². The van der Waals surface area contributed by atoms with E-state index >= 15 is 0 Å². The minimum atomic E-state index is -0.172. The van der Waals surface area contributed by atoms with Gasteiger partial charge in [0.15, 0.2) is 0 Å². The van der Waals surface area contributed by atoms with Crippen LogP contribution < -0.4 is 10.6 Å². The highest BCUT2D eigenvalue weighted by Gasteiger charge is 2.10. The second-order valence-corrected chi connectivity index (χ2v) is 7.00. The molecule has 0 fully saturated rings. The quantitative estimate of drug-likeness (QED) is 0.643. The second kappa shape index (κ2) is 9.55. The minimum absolute atomic E-state index is 0.103. The SMILES string of the molecule is CN(C)C(=O)c1cccc(NC(=O)CNc2ccccc2Cc2ccccc2)c1. The molecule has 2 amide bonds. The summed E-state index contributed by atoms with van der Waals surface area (Å²) in [5.74, 6) is -0.275. The average Bonchev–Trinajstić information content (AvgIpc) is 2.73. The van der Waals surface area contributed by atoms with Crippen LogP contribution in [0.15, 0.2) is 78.9 Å². The van der Waals surface area contributed by atoms with Gasteiger partial charge < -0.3 is 15.5 Å². The van der Waals surface area contributed by atoms with Gasteiger partial charge in [0, 0.05) is 31.0 Å². The third-order valence-corrected chi connectivity index (χ3v) is 4.49. The van der Waals surface area contributed by atoms with Gasteiger partial charge in [0.2, 0.25) is 5.91 Å². The van der Waals surface area contributed by atoms with E-state index in [4.69, 9.17) is 0 Å². The molecule has 0 aliphatic heterocycles. The standard InChI is InChI=1S/C24H25N3O2/c1-27(2)24(29)20-12-8-13-21(16-20)26-23(28)17-25-22-14-7-6-11-19(22)15-18-9-4-3-5-10-18/h3-14,16,25H,15,17H2,1-2H3,(H,26,28). The largest absolute Gasteiger partial charge is 0.376 e. The van der Waals surface area contributed by atoms with Crippen LogP contribution in [0, 0.1) is 0 Å². The van der Waals surface area contributed by atoms with Gasteiger partial charge in [0.05, 0.1) is 6.54 Å². The predicted molar refractivity (Wildman–Crippen MR) is 117 cm³/mol. The van der Waals surface area contributed by atoms with Gasteiger partial charge in [-0.15, -0.1) is 0 Å². The Labute approximate surface area is 171 Å².